The van der Waals surface area contributed by atoms with E-state index in [2.05, 4.69) is 4.98 Å². The first-order valence-corrected chi connectivity index (χ1v) is 10.8. The molecule has 0 saturated heterocycles. The van der Waals surface area contributed by atoms with Crippen LogP contribution >= 0.6 is 0 Å². The molecule has 1 aromatic heterocycles. The highest BCUT2D eigenvalue weighted by Crippen LogP contribution is 2.25. The van der Waals surface area contributed by atoms with Crippen molar-refractivity contribution in [3.8, 4) is 0 Å². The van der Waals surface area contributed by atoms with Crippen molar-refractivity contribution in [1.82, 2.24) is 9.29 Å². The van der Waals surface area contributed by atoms with E-state index in [4.69, 9.17) is 4.74 Å². The lowest BCUT2D eigenvalue weighted by Crippen LogP contribution is -2.40. The number of benzene rings is 2. The van der Waals surface area contributed by atoms with Crippen molar-refractivity contribution < 1.29 is 22.3 Å². The minimum Gasteiger partial charge on any atom is -0.443 e. The first kappa shape index (κ1) is 21.7. The van der Waals surface area contributed by atoms with E-state index in [0.29, 0.717) is 15.1 Å². The Hall–Kier alpha value is -3.00. The largest absolute Gasteiger partial charge is 0.443 e. The lowest BCUT2D eigenvalue weighted by atomic mass is 10.1. The lowest BCUT2D eigenvalue weighted by molar-refractivity contribution is 0.0379. The molecule has 0 saturated carbocycles. The Morgan fingerprint density at radius 1 is 1.10 bits per heavy atom. The summed E-state index contributed by atoms with van der Waals surface area (Å²) in [6, 6.07) is 12.7. The van der Waals surface area contributed by atoms with Crippen LogP contribution in [0.4, 0.5) is 9.18 Å². The molecule has 0 atom stereocenters. The molecule has 3 rings (SSSR count). The van der Waals surface area contributed by atoms with Crippen LogP contribution < -0.4 is 0 Å². The Balaban J connectivity index is 2.07. The fraction of sp³-hybridized carbons (Fsp3) is 0.273. The maximum atomic E-state index is 15.0. The molecular formula is C22H23FN2O4S. The number of rotatable bonds is 4. The summed E-state index contributed by atoms with van der Waals surface area (Å²) in [5.74, 6) is -0.680. The van der Waals surface area contributed by atoms with Crippen molar-refractivity contribution in [2.75, 3.05) is 0 Å². The van der Waals surface area contributed by atoms with Crippen molar-refractivity contribution in [1.29, 1.82) is 0 Å². The van der Waals surface area contributed by atoms with Gasteiger partial charge in [-0.1, -0.05) is 42.0 Å². The number of aryl methyl sites for hydroxylation is 1. The summed E-state index contributed by atoms with van der Waals surface area (Å²) >= 11 is 0. The molecule has 0 bridgehead atoms. The highest BCUT2D eigenvalue weighted by molar-refractivity contribution is 7.89. The van der Waals surface area contributed by atoms with Gasteiger partial charge < -0.3 is 4.74 Å². The van der Waals surface area contributed by atoms with Gasteiger partial charge in [0.25, 0.3) is 10.0 Å². The Kier molecular flexibility index (Phi) is 5.81. The van der Waals surface area contributed by atoms with Crippen LogP contribution in [0.5, 0.6) is 0 Å². The molecule has 1 heterocycles. The number of amides is 1. The van der Waals surface area contributed by atoms with Gasteiger partial charge in [0.15, 0.2) is 5.82 Å². The summed E-state index contributed by atoms with van der Waals surface area (Å²) in [5, 5.41) is 0.864. The predicted octanol–water partition coefficient (Wildman–Crippen LogP) is 4.81. The molecule has 0 aliphatic heterocycles. The summed E-state index contributed by atoms with van der Waals surface area (Å²) in [6.07, 6.45) is 0.344. The molecule has 0 fully saturated rings. The number of carbonyl (C=O) groups excluding carboxylic acids is 1. The minimum atomic E-state index is -4.31. The van der Waals surface area contributed by atoms with Crippen molar-refractivity contribution in [3.63, 3.8) is 0 Å². The van der Waals surface area contributed by atoms with Gasteiger partial charge in [-0.05, 0) is 39.8 Å². The second kappa shape index (κ2) is 8.02. The van der Waals surface area contributed by atoms with Gasteiger partial charge in [0, 0.05) is 17.0 Å². The van der Waals surface area contributed by atoms with Crippen molar-refractivity contribution in [3.05, 3.63) is 71.8 Å². The highest BCUT2D eigenvalue weighted by Gasteiger charge is 2.34. The molecule has 1 amide bonds. The molecule has 3 aromatic rings. The predicted molar refractivity (Wildman–Crippen MR) is 112 cm³/mol. The molecule has 30 heavy (non-hydrogen) atoms. The second-order valence-electron chi connectivity index (χ2n) is 7.91. The van der Waals surface area contributed by atoms with Crippen molar-refractivity contribution in [2.45, 2.75) is 44.7 Å². The van der Waals surface area contributed by atoms with Gasteiger partial charge in [0.2, 0.25) is 0 Å². The van der Waals surface area contributed by atoms with Gasteiger partial charge in [-0.25, -0.2) is 17.6 Å². The van der Waals surface area contributed by atoms with E-state index in [1.165, 1.54) is 18.3 Å². The molecule has 6 nitrogen and oxygen atoms in total. The molecule has 0 radical (unpaired) electrons. The smallest absolute Gasteiger partial charge is 0.424 e. The van der Waals surface area contributed by atoms with E-state index in [1.54, 1.807) is 57.2 Å². The number of hydrogen-bond donors (Lipinski definition) is 0. The molecule has 0 spiro atoms. The second-order valence-corrected chi connectivity index (χ2v) is 9.77. The number of carbonyl (C=O) groups is 1. The molecular weight excluding hydrogens is 407 g/mol. The first-order chi connectivity index (χ1) is 14.0. The Bertz CT molecular complexity index is 1190. The fourth-order valence-corrected chi connectivity index (χ4v) is 4.07. The molecule has 0 aliphatic rings. The van der Waals surface area contributed by atoms with E-state index in [1.807, 2.05) is 6.92 Å². The molecule has 158 valence electrons. The van der Waals surface area contributed by atoms with E-state index >= 15 is 4.39 Å². The third kappa shape index (κ3) is 4.59. The number of hydrogen-bond acceptors (Lipinski definition) is 5. The zero-order valence-electron chi connectivity index (χ0n) is 17.2. The standard InChI is InChI=1S/C22H23FN2O4S/c1-15-9-11-17(12-10-15)30(27,28)25(21(26)29-22(2,3)4)14-19-20(23)18-8-6-5-7-16(18)13-24-19/h5-13H,14H2,1-4H3. The number of ether oxygens (including phenoxy) is 1. The van der Waals surface area contributed by atoms with Gasteiger partial charge in [-0.15, -0.1) is 0 Å². The SMILES string of the molecule is Cc1ccc(S(=O)(=O)N(Cc2ncc3ccccc3c2F)C(=O)OC(C)(C)C)cc1. The molecule has 2 aromatic carbocycles. The number of nitrogens with zero attached hydrogens (tertiary/aromatic N) is 2. The van der Waals surface area contributed by atoms with Gasteiger partial charge in [-0.3, -0.25) is 4.98 Å². The van der Waals surface area contributed by atoms with Gasteiger partial charge in [0.05, 0.1) is 17.1 Å². The fourth-order valence-electron chi connectivity index (χ4n) is 2.81. The average molecular weight is 431 g/mol. The van der Waals surface area contributed by atoms with Crippen molar-refractivity contribution >= 4 is 26.9 Å². The van der Waals surface area contributed by atoms with E-state index < -0.39 is 34.1 Å². The van der Waals surface area contributed by atoms with E-state index in [0.717, 1.165) is 5.56 Å². The van der Waals surface area contributed by atoms with Crippen LogP contribution in [0.1, 0.15) is 32.0 Å². The summed E-state index contributed by atoms with van der Waals surface area (Å²) in [7, 11) is -4.31. The molecule has 0 unspecified atom stereocenters. The molecule has 0 aliphatic carbocycles. The van der Waals surface area contributed by atoms with Crippen LogP contribution in [0.25, 0.3) is 10.8 Å². The molecule has 8 heteroatoms. The van der Waals surface area contributed by atoms with Crippen LogP contribution in [0.2, 0.25) is 0 Å². The normalized spacial score (nSPS) is 12.0. The van der Waals surface area contributed by atoms with Gasteiger partial charge in [-0.2, -0.15) is 4.31 Å². The lowest BCUT2D eigenvalue weighted by Gasteiger charge is -2.27. The van der Waals surface area contributed by atoms with Crippen LogP contribution in [0, 0.1) is 12.7 Å². The van der Waals surface area contributed by atoms with E-state index in [-0.39, 0.29) is 10.6 Å². The zero-order valence-corrected chi connectivity index (χ0v) is 18.0. The average Bonchev–Trinajstić information content (AvgIpc) is 2.66. The van der Waals surface area contributed by atoms with Crippen LogP contribution in [0.15, 0.2) is 59.6 Å². The summed E-state index contributed by atoms with van der Waals surface area (Å²) in [5.41, 5.74) is -0.247. The van der Waals surface area contributed by atoms with Crippen molar-refractivity contribution in [2.24, 2.45) is 0 Å². The number of pyridine rings is 1. The number of aromatic nitrogens is 1. The highest BCUT2D eigenvalue weighted by atomic mass is 32.2. The van der Waals surface area contributed by atoms with Gasteiger partial charge in [0.1, 0.15) is 5.60 Å². The zero-order chi connectivity index (χ0) is 22.1. The summed E-state index contributed by atoms with van der Waals surface area (Å²) in [4.78, 5) is 16.8. The van der Waals surface area contributed by atoms with Crippen LogP contribution in [-0.4, -0.2) is 29.4 Å². The topological polar surface area (TPSA) is 76.6 Å². The number of halogens is 1. The monoisotopic (exact) mass is 430 g/mol. The first-order valence-electron chi connectivity index (χ1n) is 9.33. The Morgan fingerprint density at radius 3 is 2.37 bits per heavy atom. The third-order valence-corrected chi connectivity index (χ3v) is 6.04. The number of sulfonamides is 1. The quantitative estimate of drug-likeness (QED) is 0.594. The van der Waals surface area contributed by atoms with E-state index in [9.17, 15) is 13.2 Å². The Morgan fingerprint density at radius 2 is 1.73 bits per heavy atom. The summed E-state index contributed by atoms with van der Waals surface area (Å²) < 4.78 is 47.3. The third-order valence-electron chi connectivity index (χ3n) is 4.31. The maximum absolute atomic E-state index is 15.0. The number of fused-ring (bicyclic) bond motifs is 1. The maximum Gasteiger partial charge on any atom is 0.424 e. The molecule has 0 N–H and O–H groups in total. The summed E-state index contributed by atoms with van der Waals surface area (Å²) in [6.45, 7) is 6.08. The van der Waals surface area contributed by atoms with Crippen LogP contribution in [-0.2, 0) is 21.3 Å². The van der Waals surface area contributed by atoms with Crippen LogP contribution in [0.3, 0.4) is 0 Å². The minimum absolute atomic E-state index is 0.0971. The van der Waals surface area contributed by atoms with Gasteiger partial charge >= 0.3 is 6.09 Å². The Labute approximate surface area is 175 Å².